The fraction of sp³-hybridized carbons (Fsp3) is 0.133. The third-order valence-electron chi connectivity index (χ3n) is 3.08. The lowest BCUT2D eigenvalue weighted by atomic mass is 10.1. The number of aromatic nitrogens is 3. The number of thiazole rings is 1. The summed E-state index contributed by atoms with van der Waals surface area (Å²) in [6.07, 6.45) is 3.64. The Bertz CT molecular complexity index is 774. The minimum Gasteiger partial charge on any atom is -0.478 e. The van der Waals surface area contributed by atoms with Gasteiger partial charge in [0.2, 0.25) is 0 Å². The lowest BCUT2D eigenvalue weighted by Gasteiger charge is -2.06. The SMILES string of the molecule is Cc1csc(Cn2ccnc2-c2ccc(C(=O)O)cc2)n1. The summed E-state index contributed by atoms with van der Waals surface area (Å²) in [5, 5.41) is 12.0. The molecule has 1 N–H and O–H groups in total. The fourth-order valence-electron chi connectivity index (χ4n) is 2.08. The predicted molar refractivity (Wildman–Crippen MR) is 80.6 cm³/mol. The number of carbonyl (C=O) groups is 1. The zero-order chi connectivity index (χ0) is 14.8. The summed E-state index contributed by atoms with van der Waals surface area (Å²) < 4.78 is 2.01. The van der Waals surface area contributed by atoms with E-state index in [9.17, 15) is 4.79 Å². The Labute approximate surface area is 125 Å². The summed E-state index contributed by atoms with van der Waals surface area (Å²) >= 11 is 1.62. The molecule has 21 heavy (non-hydrogen) atoms. The molecular formula is C15H13N3O2S. The largest absolute Gasteiger partial charge is 0.478 e. The van der Waals surface area contributed by atoms with Crippen molar-refractivity contribution in [3.8, 4) is 11.4 Å². The van der Waals surface area contributed by atoms with Gasteiger partial charge in [-0.1, -0.05) is 12.1 Å². The molecule has 0 radical (unpaired) electrons. The second kappa shape index (κ2) is 5.49. The Balaban J connectivity index is 1.89. The maximum atomic E-state index is 10.9. The van der Waals surface area contributed by atoms with Gasteiger partial charge in [0.1, 0.15) is 10.8 Å². The van der Waals surface area contributed by atoms with Gasteiger partial charge in [-0.25, -0.2) is 14.8 Å². The van der Waals surface area contributed by atoms with E-state index in [1.165, 1.54) is 0 Å². The van der Waals surface area contributed by atoms with E-state index in [-0.39, 0.29) is 5.56 Å². The second-order valence-electron chi connectivity index (χ2n) is 4.64. The maximum Gasteiger partial charge on any atom is 0.335 e. The third-order valence-corrected chi connectivity index (χ3v) is 4.03. The van der Waals surface area contributed by atoms with Crippen LogP contribution >= 0.6 is 11.3 Å². The zero-order valence-corrected chi connectivity index (χ0v) is 12.2. The Kier molecular flexibility index (Phi) is 3.53. The minimum atomic E-state index is -0.928. The summed E-state index contributed by atoms with van der Waals surface area (Å²) in [4.78, 5) is 19.7. The average Bonchev–Trinajstić information content (AvgIpc) is 3.09. The molecule has 0 amide bonds. The van der Waals surface area contributed by atoms with Crippen molar-refractivity contribution in [1.29, 1.82) is 0 Å². The molecule has 0 fully saturated rings. The first-order chi connectivity index (χ1) is 10.1. The molecular weight excluding hydrogens is 286 g/mol. The summed E-state index contributed by atoms with van der Waals surface area (Å²) in [6.45, 7) is 2.63. The van der Waals surface area contributed by atoms with E-state index < -0.39 is 5.97 Å². The molecule has 6 heteroatoms. The van der Waals surface area contributed by atoms with Crippen LogP contribution in [0.3, 0.4) is 0 Å². The topological polar surface area (TPSA) is 68.0 Å². The van der Waals surface area contributed by atoms with Gasteiger partial charge in [-0.2, -0.15) is 0 Å². The van der Waals surface area contributed by atoms with E-state index in [4.69, 9.17) is 5.11 Å². The molecule has 0 bridgehead atoms. The predicted octanol–water partition coefficient (Wildman–Crippen LogP) is 3.06. The van der Waals surface area contributed by atoms with Crippen LogP contribution < -0.4 is 0 Å². The Hall–Kier alpha value is -2.47. The van der Waals surface area contributed by atoms with Gasteiger partial charge >= 0.3 is 5.97 Å². The Morgan fingerprint density at radius 1 is 1.33 bits per heavy atom. The van der Waals surface area contributed by atoms with Crippen molar-refractivity contribution in [3.63, 3.8) is 0 Å². The number of hydrogen-bond donors (Lipinski definition) is 1. The first kappa shape index (κ1) is 13.5. The van der Waals surface area contributed by atoms with E-state index >= 15 is 0 Å². The van der Waals surface area contributed by atoms with Gasteiger partial charge < -0.3 is 9.67 Å². The number of rotatable bonds is 4. The van der Waals surface area contributed by atoms with Crippen LogP contribution in [-0.4, -0.2) is 25.6 Å². The summed E-state index contributed by atoms with van der Waals surface area (Å²) in [6, 6.07) is 6.72. The molecule has 0 spiro atoms. The molecule has 106 valence electrons. The molecule has 3 aromatic rings. The molecule has 3 rings (SSSR count). The number of aromatic carboxylic acids is 1. The first-order valence-electron chi connectivity index (χ1n) is 6.39. The zero-order valence-electron chi connectivity index (χ0n) is 11.4. The van der Waals surface area contributed by atoms with Gasteiger partial charge in [-0.3, -0.25) is 0 Å². The number of carboxylic acids is 1. The van der Waals surface area contributed by atoms with Gasteiger partial charge in [0, 0.05) is 29.0 Å². The summed E-state index contributed by atoms with van der Waals surface area (Å²) in [5.41, 5.74) is 2.17. The second-order valence-corrected chi connectivity index (χ2v) is 5.59. The first-order valence-corrected chi connectivity index (χ1v) is 7.27. The van der Waals surface area contributed by atoms with Gasteiger partial charge in [0.15, 0.2) is 0 Å². The monoisotopic (exact) mass is 299 g/mol. The highest BCUT2D eigenvalue weighted by Gasteiger charge is 2.09. The van der Waals surface area contributed by atoms with Crippen molar-refractivity contribution in [3.05, 3.63) is 58.3 Å². The molecule has 0 unspecified atom stereocenters. The van der Waals surface area contributed by atoms with Crippen LogP contribution in [0.15, 0.2) is 42.0 Å². The lowest BCUT2D eigenvalue weighted by molar-refractivity contribution is 0.0697. The van der Waals surface area contributed by atoms with Crippen molar-refractivity contribution in [2.24, 2.45) is 0 Å². The molecule has 0 saturated carbocycles. The van der Waals surface area contributed by atoms with Crippen LogP contribution in [-0.2, 0) is 6.54 Å². The van der Waals surface area contributed by atoms with Crippen LogP contribution in [0.4, 0.5) is 0 Å². The highest BCUT2D eigenvalue weighted by Crippen LogP contribution is 2.20. The minimum absolute atomic E-state index is 0.271. The average molecular weight is 299 g/mol. The molecule has 2 aromatic heterocycles. The van der Waals surface area contributed by atoms with Crippen LogP contribution in [0.2, 0.25) is 0 Å². The fourth-order valence-corrected chi connectivity index (χ4v) is 2.85. The standard InChI is InChI=1S/C15H13N3O2S/c1-10-9-21-13(17-10)8-18-7-6-16-14(18)11-2-4-12(5-3-11)15(19)20/h2-7,9H,8H2,1H3,(H,19,20). The molecule has 2 heterocycles. The van der Waals surface area contributed by atoms with Gasteiger partial charge in [-0.05, 0) is 19.1 Å². The van der Waals surface area contributed by atoms with E-state index in [2.05, 4.69) is 9.97 Å². The molecule has 0 saturated heterocycles. The van der Waals surface area contributed by atoms with Gasteiger partial charge in [0.25, 0.3) is 0 Å². The summed E-state index contributed by atoms with van der Waals surface area (Å²) in [5.74, 6) is -0.122. The smallest absolute Gasteiger partial charge is 0.335 e. The van der Waals surface area contributed by atoms with Crippen molar-refractivity contribution in [1.82, 2.24) is 14.5 Å². The highest BCUT2D eigenvalue weighted by atomic mass is 32.1. The Morgan fingerprint density at radius 2 is 2.10 bits per heavy atom. The summed E-state index contributed by atoms with van der Waals surface area (Å²) in [7, 11) is 0. The Morgan fingerprint density at radius 3 is 2.71 bits per heavy atom. The van der Waals surface area contributed by atoms with Crippen molar-refractivity contribution < 1.29 is 9.90 Å². The quantitative estimate of drug-likeness (QED) is 0.804. The van der Waals surface area contributed by atoms with Crippen molar-refractivity contribution in [2.75, 3.05) is 0 Å². The number of carboxylic acid groups (broad SMARTS) is 1. The van der Waals surface area contributed by atoms with Crippen LogP contribution in [0.25, 0.3) is 11.4 Å². The number of aryl methyl sites for hydroxylation is 1. The molecule has 0 aliphatic heterocycles. The molecule has 5 nitrogen and oxygen atoms in total. The van der Waals surface area contributed by atoms with Crippen LogP contribution in [0.5, 0.6) is 0 Å². The molecule has 0 aliphatic rings. The number of benzene rings is 1. The maximum absolute atomic E-state index is 10.9. The van der Waals surface area contributed by atoms with E-state index in [1.807, 2.05) is 23.1 Å². The molecule has 1 aromatic carbocycles. The molecule has 0 atom stereocenters. The number of nitrogens with zero attached hydrogens (tertiary/aromatic N) is 3. The van der Waals surface area contributed by atoms with E-state index in [0.29, 0.717) is 6.54 Å². The highest BCUT2D eigenvalue weighted by molar-refractivity contribution is 7.09. The van der Waals surface area contributed by atoms with Crippen molar-refractivity contribution >= 4 is 17.3 Å². The molecule has 0 aliphatic carbocycles. The van der Waals surface area contributed by atoms with E-state index in [1.54, 1.807) is 41.8 Å². The van der Waals surface area contributed by atoms with E-state index in [0.717, 1.165) is 22.1 Å². The normalized spacial score (nSPS) is 10.7. The van der Waals surface area contributed by atoms with Crippen LogP contribution in [0.1, 0.15) is 21.1 Å². The number of hydrogen-bond acceptors (Lipinski definition) is 4. The lowest BCUT2D eigenvalue weighted by Crippen LogP contribution is -2.01. The van der Waals surface area contributed by atoms with Crippen LogP contribution in [0, 0.1) is 6.92 Å². The van der Waals surface area contributed by atoms with Crippen molar-refractivity contribution in [2.45, 2.75) is 13.5 Å². The number of imidazole rings is 1. The van der Waals surface area contributed by atoms with Gasteiger partial charge in [0.05, 0.1) is 12.1 Å². The van der Waals surface area contributed by atoms with Gasteiger partial charge in [-0.15, -0.1) is 11.3 Å². The third kappa shape index (κ3) is 2.85.